The summed E-state index contributed by atoms with van der Waals surface area (Å²) < 4.78 is 5.12. The molecule has 3 aromatic rings. The maximum absolute atomic E-state index is 12.4. The van der Waals surface area contributed by atoms with Gasteiger partial charge in [0.05, 0.1) is 22.7 Å². The number of benzene rings is 2. The molecule has 0 atom stereocenters. The zero-order chi connectivity index (χ0) is 18.0. The number of amides is 1. The Morgan fingerprint density at radius 3 is 2.72 bits per heavy atom. The summed E-state index contributed by atoms with van der Waals surface area (Å²) >= 11 is 12.0. The van der Waals surface area contributed by atoms with Gasteiger partial charge in [0, 0.05) is 29.3 Å². The first-order chi connectivity index (χ1) is 12.0. The lowest BCUT2D eigenvalue weighted by Gasteiger charge is -2.10. The zero-order valence-electron chi connectivity index (χ0n) is 13.2. The van der Waals surface area contributed by atoms with E-state index in [-0.39, 0.29) is 17.0 Å². The van der Waals surface area contributed by atoms with Gasteiger partial charge in [0.25, 0.3) is 5.91 Å². The van der Waals surface area contributed by atoms with Gasteiger partial charge in [0.2, 0.25) is 5.56 Å². The van der Waals surface area contributed by atoms with Gasteiger partial charge in [0.1, 0.15) is 0 Å². The number of H-pyrrole nitrogens is 1. The van der Waals surface area contributed by atoms with Crippen molar-refractivity contribution in [3.63, 3.8) is 0 Å². The summed E-state index contributed by atoms with van der Waals surface area (Å²) in [7, 11) is 1.57. The third kappa shape index (κ3) is 3.85. The normalized spacial score (nSPS) is 10.8. The number of hydrogen-bond acceptors (Lipinski definition) is 3. The van der Waals surface area contributed by atoms with Crippen LogP contribution in [0.15, 0.2) is 47.3 Å². The highest BCUT2D eigenvalue weighted by atomic mass is 35.5. The maximum atomic E-state index is 12.4. The molecular weight excluding hydrogens is 363 g/mol. The first-order valence-corrected chi connectivity index (χ1v) is 8.15. The van der Waals surface area contributed by atoms with Gasteiger partial charge in [-0.2, -0.15) is 0 Å². The minimum atomic E-state index is -0.387. The minimum absolute atomic E-state index is 0.235. The summed E-state index contributed by atoms with van der Waals surface area (Å²) in [5, 5.41) is 4.32. The molecule has 0 fully saturated rings. The molecule has 1 heterocycles. The van der Waals surface area contributed by atoms with Crippen LogP contribution in [0.3, 0.4) is 0 Å². The highest BCUT2D eigenvalue weighted by molar-refractivity contribution is 6.36. The molecule has 3 rings (SSSR count). The molecule has 2 N–H and O–H groups in total. The van der Waals surface area contributed by atoms with Crippen molar-refractivity contribution in [1.82, 2.24) is 4.98 Å². The van der Waals surface area contributed by atoms with Gasteiger partial charge in [0.15, 0.2) is 0 Å². The van der Waals surface area contributed by atoms with Gasteiger partial charge < -0.3 is 15.0 Å². The Morgan fingerprint density at radius 2 is 1.96 bits per heavy atom. The molecule has 25 heavy (non-hydrogen) atoms. The van der Waals surface area contributed by atoms with Crippen LogP contribution in [0.5, 0.6) is 0 Å². The summed E-state index contributed by atoms with van der Waals surface area (Å²) in [4.78, 5) is 27.0. The van der Waals surface area contributed by atoms with Crippen LogP contribution in [0, 0.1) is 0 Å². The fourth-order valence-electron chi connectivity index (χ4n) is 2.56. The van der Waals surface area contributed by atoms with Crippen LogP contribution in [-0.2, 0) is 11.3 Å². The van der Waals surface area contributed by atoms with Crippen molar-refractivity contribution in [2.24, 2.45) is 0 Å². The third-order valence-corrected chi connectivity index (χ3v) is 4.22. The average molecular weight is 377 g/mol. The summed E-state index contributed by atoms with van der Waals surface area (Å²) in [6, 6.07) is 11.4. The summed E-state index contributed by atoms with van der Waals surface area (Å²) in [6.07, 6.45) is 0. The molecule has 128 valence electrons. The van der Waals surface area contributed by atoms with E-state index < -0.39 is 0 Å². The number of hydrogen-bond donors (Lipinski definition) is 2. The molecule has 1 aromatic heterocycles. The molecule has 0 spiro atoms. The molecule has 0 radical (unpaired) electrons. The van der Waals surface area contributed by atoms with Crippen molar-refractivity contribution < 1.29 is 9.53 Å². The first kappa shape index (κ1) is 17.5. The molecule has 0 aliphatic carbocycles. The molecule has 5 nitrogen and oxygen atoms in total. The number of rotatable bonds is 4. The number of anilines is 1. The van der Waals surface area contributed by atoms with Crippen LogP contribution in [0.4, 0.5) is 5.69 Å². The lowest BCUT2D eigenvalue weighted by molar-refractivity contribution is 0.102. The third-order valence-electron chi connectivity index (χ3n) is 3.66. The number of methoxy groups -OCH3 is 1. The summed E-state index contributed by atoms with van der Waals surface area (Å²) in [5.41, 5.74) is 1.95. The van der Waals surface area contributed by atoms with Gasteiger partial charge >= 0.3 is 0 Å². The van der Waals surface area contributed by atoms with Crippen LogP contribution in [0.1, 0.15) is 15.9 Å². The van der Waals surface area contributed by atoms with E-state index in [0.717, 1.165) is 10.9 Å². The van der Waals surface area contributed by atoms with E-state index in [4.69, 9.17) is 27.9 Å². The fourth-order valence-corrected chi connectivity index (χ4v) is 2.93. The summed E-state index contributed by atoms with van der Waals surface area (Å²) in [6.45, 7) is 0.324. The van der Waals surface area contributed by atoms with Gasteiger partial charge in [-0.3, -0.25) is 9.59 Å². The first-order valence-electron chi connectivity index (χ1n) is 7.39. The number of nitrogens with one attached hydrogen (secondary N) is 2. The van der Waals surface area contributed by atoms with Crippen molar-refractivity contribution in [1.29, 1.82) is 0 Å². The minimum Gasteiger partial charge on any atom is -0.380 e. The average Bonchev–Trinajstić information content (AvgIpc) is 2.56. The van der Waals surface area contributed by atoms with E-state index in [1.165, 1.54) is 12.1 Å². The van der Waals surface area contributed by atoms with Crippen LogP contribution in [0.2, 0.25) is 10.0 Å². The number of ether oxygens (including phenoxy) is 1. The van der Waals surface area contributed by atoms with E-state index in [0.29, 0.717) is 27.9 Å². The zero-order valence-corrected chi connectivity index (χ0v) is 14.7. The SMILES string of the molecule is COCc1cc(=O)[nH]c2cc(NC(=O)c3cc(Cl)ccc3Cl)ccc12. The van der Waals surface area contributed by atoms with Crippen molar-refractivity contribution in [2.45, 2.75) is 6.61 Å². The molecule has 2 aromatic carbocycles. The Labute approximate surface area is 153 Å². The Hall–Kier alpha value is -2.34. The smallest absolute Gasteiger partial charge is 0.257 e. The second-order valence-corrected chi connectivity index (χ2v) is 6.27. The van der Waals surface area contributed by atoms with Gasteiger partial charge in [-0.25, -0.2) is 0 Å². The number of aromatic amines is 1. The monoisotopic (exact) mass is 376 g/mol. The van der Waals surface area contributed by atoms with Gasteiger partial charge in [-0.05, 0) is 35.9 Å². The lowest BCUT2D eigenvalue weighted by Crippen LogP contribution is -2.13. The molecule has 0 bridgehead atoms. The Morgan fingerprint density at radius 1 is 1.16 bits per heavy atom. The lowest BCUT2D eigenvalue weighted by atomic mass is 10.1. The molecule has 7 heteroatoms. The highest BCUT2D eigenvalue weighted by Crippen LogP contribution is 2.24. The predicted molar refractivity (Wildman–Crippen MR) is 99.7 cm³/mol. The molecular formula is C18H14Cl2N2O3. The molecule has 0 saturated carbocycles. The van der Waals surface area contributed by atoms with E-state index >= 15 is 0 Å². The number of carbonyl (C=O) groups excluding carboxylic acids is 1. The number of pyridine rings is 1. The van der Waals surface area contributed by atoms with Crippen LogP contribution >= 0.6 is 23.2 Å². The van der Waals surface area contributed by atoms with Crippen molar-refractivity contribution in [3.8, 4) is 0 Å². The molecule has 0 aliphatic heterocycles. The van der Waals surface area contributed by atoms with Crippen LogP contribution < -0.4 is 10.9 Å². The second-order valence-electron chi connectivity index (χ2n) is 5.43. The number of fused-ring (bicyclic) bond motifs is 1. The second kappa shape index (κ2) is 7.27. The molecule has 0 saturated heterocycles. The quantitative estimate of drug-likeness (QED) is 0.715. The molecule has 0 unspecified atom stereocenters. The number of halogens is 2. The van der Waals surface area contributed by atoms with Crippen LogP contribution in [-0.4, -0.2) is 18.0 Å². The predicted octanol–water partition coefficient (Wildman–Crippen LogP) is 4.23. The maximum Gasteiger partial charge on any atom is 0.257 e. The Balaban J connectivity index is 1.95. The van der Waals surface area contributed by atoms with Crippen molar-refractivity contribution in [3.05, 3.63) is 74.0 Å². The highest BCUT2D eigenvalue weighted by Gasteiger charge is 2.12. The molecule has 0 aliphatic rings. The van der Waals surface area contributed by atoms with Gasteiger partial charge in [-0.15, -0.1) is 0 Å². The van der Waals surface area contributed by atoms with E-state index in [1.807, 2.05) is 6.07 Å². The van der Waals surface area contributed by atoms with Crippen molar-refractivity contribution in [2.75, 3.05) is 12.4 Å². The Bertz CT molecular complexity index is 1010. The number of carbonyl (C=O) groups is 1. The largest absolute Gasteiger partial charge is 0.380 e. The topological polar surface area (TPSA) is 71.2 Å². The van der Waals surface area contributed by atoms with E-state index in [9.17, 15) is 9.59 Å². The fraction of sp³-hybridized carbons (Fsp3) is 0.111. The summed E-state index contributed by atoms with van der Waals surface area (Å²) in [5.74, 6) is -0.387. The standard InChI is InChI=1S/C18H14Cl2N2O3/c1-25-9-10-6-17(23)22-16-8-12(3-4-13(10)16)21-18(24)14-7-11(19)2-5-15(14)20/h2-8H,9H2,1H3,(H,21,24)(H,22,23). The van der Waals surface area contributed by atoms with E-state index in [2.05, 4.69) is 10.3 Å². The van der Waals surface area contributed by atoms with E-state index in [1.54, 1.807) is 31.4 Å². The molecule has 1 amide bonds. The Kier molecular flexibility index (Phi) is 5.08. The van der Waals surface area contributed by atoms with Crippen LogP contribution in [0.25, 0.3) is 10.9 Å². The number of aromatic nitrogens is 1. The van der Waals surface area contributed by atoms with Gasteiger partial charge in [-0.1, -0.05) is 29.3 Å². The van der Waals surface area contributed by atoms with Crippen molar-refractivity contribution >= 4 is 45.7 Å².